The van der Waals surface area contributed by atoms with Gasteiger partial charge in [0.1, 0.15) is 5.82 Å². The van der Waals surface area contributed by atoms with Crippen molar-refractivity contribution in [2.24, 2.45) is 0 Å². The molecule has 12 heavy (non-hydrogen) atoms. The molecule has 1 heterocycles. The fourth-order valence-electron chi connectivity index (χ4n) is 0.890. The summed E-state index contributed by atoms with van der Waals surface area (Å²) in [7, 11) is -1.74. The van der Waals surface area contributed by atoms with Crippen LogP contribution in [0.25, 0.3) is 0 Å². The number of aromatic nitrogens is 2. The number of aromatic amines is 1. The molecule has 0 radical (unpaired) electrons. The quantitative estimate of drug-likeness (QED) is 0.580. The number of nitrogens with zero attached hydrogens (tertiary/aromatic N) is 1. The number of nitrogens with one attached hydrogen (secondary N) is 2. The topological polar surface area (TPSA) is 101 Å². The normalized spacial score (nSPS) is 11.5. The first-order chi connectivity index (χ1) is 5.46. The number of anilines is 2. The van der Waals surface area contributed by atoms with Gasteiger partial charge >= 0.3 is 0 Å². The zero-order chi connectivity index (χ0) is 9.35. The maximum atomic E-state index is 11.1. The Balaban J connectivity index is 3.39. The molecule has 1 aromatic heterocycles. The van der Waals surface area contributed by atoms with Gasteiger partial charge in [-0.1, -0.05) is 0 Å². The van der Waals surface area contributed by atoms with Crippen molar-refractivity contribution in [3.05, 3.63) is 0 Å². The van der Waals surface area contributed by atoms with Crippen LogP contribution in [-0.4, -0.2) is 31.9 Å². The van der Waals surface area contributed by atoms with E-state index in [1.54, 1.807) is 7.05 Å². The minimum atomic E-state index is -3.31. The van der Waals surface area contributed by atoms with Crippen LogP contribution >= 0.6 is 0 Å². The van der Waals surface area contributed by atoms with Crippen LogP contribution in [0.1, 0.15) is 0 Å². The molecule has 0 bridgehead atoms. The molecule has 0 aliphatic heterocycles. The minimum Gasteiger partial charge on any atom is -0.383 e. The van der Waals surface area contributed by atoms with Crippen LogP contribution in [0.2, 0.25) is 0 Å². The van der Waals surface area contributed by atoms with Crippen LogP contribution in [0.5, 0.6) is 0 Å². The predicted molar refractivity (Wildman–Crippen MR) is 45.7 cm³/mol. The van der Waals surface area contributed by atoms with Crippen LogP contribution in [-0.2, 0) is 9.84 Å². The summed E-state index contributed by atoms with van der Waals surface area (Å²) in [5.74, 6) is 0.303. The third-order valence-corrected chi connectivity index (χ3v) is 2.51. The minimum absolute atomic E-state index is 0.0185. The summed E-state index contributed by atoms with van der Waals surface area (Å²) in [6, 6.07) is 0. The van der Waals surface area contributed by atoms with Crippen molar-refractivity contribution >= 4 is 21.5 Å². The van der Waals surface area contributed by atoms with E-state index in [0.717, 1.165) is 6.26 Å². The summed E-state index contributed by atoms with van der Waals surface area (Å²) in [4.78, 5) is 0.0185. The van der Waals surface area contributed by atoms with Crippen molar-refractivity contribution in [1.29, 1.82) is 0 Å². The molecule has 0 aromatic carbocycles. The highest BCUT2D eigenvalue weighted by Gasteiger charge is 2.19. The largest absolute Gasteiger partial charge is 0.383 e. The van der Waals surface area contributed by atoms with Gasteiger partial charge in [-0.15, -0.1) is 0 Å². The third kappa shape index (κ3) is 1.35. The Labute approximate surface area is 70.1 Å². The first-order valence-electron chi connectivity index (χ1n) is 3.18. The Morgan fingerprint density at radius 1 is 1.58 bits per heavy atom. The van der Waals surface area contributed by atoms with E-state index in [0.29, 0.717) is 0 Å². The van der Waals surface area contributed by atoms with Gasteiger partial charge in [-0.25, -0.2) is 8.42 Å². The van der Waals surface area contributed by atoms with Crippen molar-refractivity contribution in [2.75, 3.05) is 24.4 Å². The van der Waals surface area contributed by atoms with Gasteiger partial charge < -0.3 is 11.1 Å². The highest BCUT2D eigenvalue weighted by molar-refractivity contribution is 7.91. The molecule has 1 rings (SSSR count). The molecule has 0 aliphatic carbocycles. The highest BCUT2D eigenvalue weighted by Crippen LogP contribution is 2.23. The second kappa shape index (κ2) is 2.67. The highest BCUT2D eigenvalue weighted by atomic mass is 32.2. The SMILES string of the molecule is CNc1n[nH]c(N)c1S(C)(=O)=O. The van der Waals surface area contributed by atoms with Gasteiger partial charge in [-0.3, -0.25) is 5.10 Å². The molecule has 0 fully saturated rings. The number of sulfone groups is 1. The smallest absolute Gasteiger partial charge is 0.182 e. The lowest BCUT2D eigenvalue weighted by atomic mass is 10.6. The summed E-state index contributed by atoms with van der Waals surface area (Å²) in [5, 5.41) is 8.66. The fraction of sp³-hybridized carbons (Fsp3) is 0.400. The molecule has 4 N–H and O–H groups in total. The maximum Gasteiger partial charge on any atom is 0.182 e. The molecule has 6 nitrogen and oxygen atoms in total. The molecular formula is C5H10N4O2S. The van der Waals surface area contributed by atoms with Gasteiger partial charge in [0, 0.05) is 13.3 Å². The van der Waals surface area contributed by atoms with E-state index >= 15 is 0 Å². The van der Waals surface area contributed by atoms with Crippen molar-refractivity contribution in [1.82, 2.24) is 10.2 Å². The number of H-pyrrole nitrogens is 1. The average molecular weight is 190 g/mol. The Kier molecular flexibility index (Phi) is 1.97. The fourth-order valence-corrected chi connectivity index (χ4v) is 1.83. The first kappa shape index (κ1) is 8.85. The second-order valence-electron chi connectivity index (χ2n) is 2.34. The molecular weight excluding hydrogens is 180 g/mol. The molecule has 0 atom stereocenters. The van der Waals surface area contributed by atoms with Crippen molar-refractivity contribution in [3.8, 4) is 0 Å². The molecule has 1 aromatic rings. The molecule has 0 spiro atoms. The van der Waals surface area contributed by atoms with Gasteiger partial charge in [0.25, 0.3) is 0 Å². The van der Waals surface area contributed by atoms with E-state index in [2.05, 4.69) is 15.5 Å². The van der Waals surface area contributed by atoms with Crippen LogP contribution in [0.15, 0.2) is 4.90 Å². The van der Waals surface area contributed by atoms with Crippen molar-refractivity contribution in [2.45, 2.75) is 4.90 Å². The Bertz CT molecular complexity index is 380. The van der Waals surface area contributed by atoms with E-state index in [4.69, 9.17) is 5.73 Å². The van der Waals surface area contributed by atoms with Crippen LogP contribution in [0, 0.1) is 0 Å². The molecule has 0 unspecified atom stereocenters. The Hall–Kier alpha value is -1.24. The molecule has 7 heteroatoms. The Morgan fingerprint density at radius 3 is 2.50 bits per heavy atom. The lowest BCUT2D eigenvalue weighted by Gasteiger charge is -1.98. The van der Waals surface area contributed by atoms with E-state index in [1.165, 1.54) is 0 Å². The lowest BCUT2D eigenvalue weighted by Crippen LogP contribution is -2.03. The summed E-state index contributed by atoms with van der Waals surface area (Å²) in [6.45, 7) is 0. The predicted octanol–water partition coefficient (Wildman–Crippen LogP) is -0.563. The summed E-state index contributed by atoms with van der Waals surface area (Å²) < 4.78 is 22.2. The number of nitrogen functional groups attached to an aromatic ring is 1. The zero-order valence-electron chi connectivity index (χ0n) is 6.75. The Morgan fingerprint density at radius 2 is 2.17 bits per heavy atom. The van der Waals surface area contributed by atoms with Crippen LogP contribution in [0.3, 0.4) is 0 Å². The summed E-state index contributed by atoms with van der Waals surface area (Å²) >= 11 is 0. The molecule has 0 saturated carbocycles. The van der Waals surface area contributed by atoms with E-state index in [1.807, 2.05) is 0 Å². The number of hydrogen-bond acceptors (Lipinski definition) is 5. The van der Waals surface area contributed by atoms with Gasteiger partial charge in [0.15, 0.2) is 20.6 Å². The maximum absolute atomic E-state index is 11.1. The third-order valence-electron chi connectivity index (χ3n) is 1.36. The van der Waals surface area contributed by atoms with Crippen molar-refractivity contribution < 1.29 is 8.42 Å². The molecule has 0 saturated heterocycles. The van der Waals surface area contributed by atoms with Crippen molar-refractivity contribution in [3.63, 3.8) is 0 Å². The number of nitrogens with two attached hydrogens (primary N) is 1. The van der Waals surface area contributed by atoms with Crippen LogP contribution in [0.4, 0.5) is 11.6 Å². The zero-order valence-corrected chi connectivity index (χ0v) is 7.57. The van der Waals surface area contributed by atoms with Gasteiger partial charge in [0.2, 0.25) is 0 Å². The summed E-state index contributed by atoms with van der Waals surface area (Å²) in [5.41, 5.74) is 5.37. The summed E-state index contributed by atoms with van der Waals surface area (Å²) in [6.07, 6.45) is 1.08. The number of rotatable bonds is 2. The lowest BCUT2D eigenvalue weighted by molar-refractivity contribution is 0.602. The molecule has 68 valence electrons. The van der Waals surface area contributed by atoms with Gasteiger partial charge in [0.05, 0.1) is 0 Å². The molecule has 0 amide bonds. The second-order valence-corrected chi connectivity index (χ2v) is 4.29. The van der Waals surface area contributed by atoms with Gasteiger partial charge in [-0.2, -0.15) is 5.10 Å². The van der Waals surface area contributed by atoms with E-state index in [-0.39, 0.29) is 16.5 Å². The average Bonchev–Trinajstić information content (AvgIpc) is 2.29. The van der Waals surface area contributed by atoms with Gasteiger partial charge in [-0.05, 0) is 0 Å². The van der Waals surface area contributed by atoms with E-state index in [9.17, 15) is 8.42 Å². The van der Waals surface area contributed by atoms with E-state index < -0.39 is 9.84 Å². The van der Waals surface area contributed by atoms with Crippen LogP contribution < -0.4 is 11.1 Å². The first-order valence-corrected chi connectivity index (χ1v) is 5.07. The number of hydrogen-bond donors (Lipinski definition) is 3. The standard InChI is InChI=1S/C5H10N4O2S/c1-7-5-3(12(2,10)11)4(6)8-9-5/h1-2H3,(H4,6,7,8,9). The monoisotopic (exact) mass is 190 g/mol. The molecule has 0 aliphatic rings.